The van der Waals surface area contributed by atoms with Gasteiger partial charge in [-0.3, -0.25) is 0 Å². The second-order valence-electron chi connectivity index (χ2n) is 3.99. The van der Waals surface area contributed by atoms with Crippen LogP contribution >= 0.6 is 11.6 Å². The summed E-state index contributed by atoms with van der Waals surface area (Å²) in [7, 11) is 1.68. The molecule has 9 heteroatoms. The first kappa shape index (κ1) is 13.2. The Bertz CT molecular complexity index is 414. The summed E-state index contributed by atoms with van der Waals surface area (Å²) >= 11 is 5.69. The molecule has 2 heterocycles. The van der Waals surface area contributed by atoms with Crippen LogP contribution in [0.4, 0.5) is 11.9 Å². The lowest BCUT2D eigenvalue weighted by atomic mass is 10.2. The van der Waals surface area contributed by atoms with Crippen LogP contribution in [-0.2, 0) is 4.74 Å². The molecule has 1 aliphatic rings. The summed E-state index contributed by atoms with van der Waals surface area (Å²) in [5.41, 5.74) is 5.47. The summed E-state index contributed by atoms with van der Waals surface area (Å²) < 4.78 is 5.46. The van der Waals surface area contributed by atoms with E-state index in [1.54, 1.807) is 11.9 Å². The van der Waals surface area contributed by atoms with Gasteiger partial charge in [-0.25, -0.2) is 0 Å². The van der Waals surface area contributed by atoms with Crippen molar-refractivity contribution in [3.8, 4) is 0 Å². The van der Waals surface area contributed by atoms with Gasteiger partial charge in [0.2, 0.25) is 17.2 Å². The number of nitrogens with two attached hydrogens (primary N) is 1. The third-order valence-corrected chi connectivity index (χ3v) is 2.91. The second-order valence-corrected chi connectivity index (χ2v) is 4.33. The number of ether oxygens (including phenoxy) is 1. The van der Waals surface area contributed by atoms with E-state index in [4.69, 9.17) is 27.2 Å². The lowest BCUT2D eigenvalue weighted by molar-refractivity contribution is -0.0214. The predicted octanol–water partition coefficient (Wildman–Crippen LogP) is -0.988. The van der Waals surface area contributed by atoms with Gasteiger partial charge >= 0.3 is 0 Å². The van der Waals surface area contributed by atoms with E-state index in [9.17, 15) is 5.11 Å². The maximum atomic E-state index is 9.65. The Hall–Kier alpha value is -1.22. The van der Waals surface area contributed by atoms with E-state index in [-0.39, 0.29) is 23.8 Å². The Morgan fingerprint density at radius 1 is 1.50 bits per heavy atom. The molecule has 0 amide bonds. The van der Waals surface area contributed by atoms with Crippen molar-refractivity contribution in [3.63, 3.8) is 0 Å². The molecular formula is C9H14ClN5O3. The first-order chi connectivity index (χ1) is 8.51. The van der Waals surface area contributed by atoms with Crippen LogP contribution in [0.15, 0.2) is 0 Å². The van der Waals surface area contributed by atoms with Crippen LogP contribution in [0.3, 0.4) is 0 Å². The minimum Gasteiger partial charge on any atom is -0.394 e. The third-order valence-electron chi connectivity index (χ3n) is 2.75. The first-order valence-electron chi connectivity index (χ1n) is 5.35. The fourth-order valence-corrected chi connectivity index (χ4v) is 1.92. The number of aromatic nitrogens is 3. The third kappa shape index (κ3) is 2.61. The summed E-state index contributed by atoms with van der Waals surface area (Å²) in [6.07, 6.45) is -1.44. The van der Waals surface area contributed by atoms with E-state index >= 15 is 0 Å². The highest BCUT2D eigenvalue weighted by Crippen LogP contribution is 2.25. The molecule has 8 nitrogen and oxygen atoms in total. The number of anilines is 2. The van der Waals surface area contributed by atoms with Crippen molar-refractivity contribution >= 4 is 23.5 Å². The van der Waals surface area contributed by atoms with E-state index < -0.39 is 18.4 Å². The van der Waals surface area contributed by atoms with Crippen LogP contribution in [-0.4, -0.2) is 57.3 Å². The minimum absolute atomic E-state index is 0.00843. The van der Waals surface area contributed by atoms with E-state index in [2.05, 4.69) is 15.0 Å². The molecule has 3 atom stereocenters. The zero-order chi connectivity index (χ0) is 13.3. The van der Waals surface area contributed by atoms with Crippen molar-refractivity contribution in [1.29, 1.82) is 0 Å². The van der Waals surface area contributed by atoms with E-state index in [0.717, 1.165) is 0 Å². The van der Waals surface area contributed by atoms with Gasteiger partial charge in [0.15, 0.2) is 0 Å². The topological polar surface area (TPSA) is 118 Å². The fraction of sp³-hybridized carbons (Fsp3) is 0.667. The minimum atomic E-state index is -0.725. The lowest BCUT2D eigenvalue weighted by Crippen LogP contribution is -2.33. The Balaban J connectivity index is 2.14. The molecule has 18 heavy (non-hydrogen) atoms. The quantitative estimate of drug-likeness (QED) is 0.644. The van der Waals surface area contributed by atoms with Crippen molar-refractivity contribution in [2.75, 3.05) is 24.3 Å². The summed E-state index contributed by atoms with van der Waals surface area (Å²) in [4.78, 5) is 13.1. The maximum Gasteiger partial charge on any atom is 0.233 e. The van der Waals surface area contributed by atoms with Crippen LogP contribution in [0.25, 0.3) is 0 Å². The average molecular weight is 276 g/mol. The van der Waals surface area contributed by atoms with Crippen LogP contribution in [0.1, 0.15) is 6.42 Å². The SMILES string of the molecule is CN(c1nc(N)nc(Cl)n1)[C@H]1C[C@H](O)[C@@H](CO)O1. The van der Waals surface area contributed by atoms with Crippen molar-refractivity contribution in [3.05, 3.63) is 5.28 Å². The number of rotatable bonds is 3. The Morgan fingerprint density at radius 3 is 2.78 bits per heavy atom. The Labute approximate surface area is 108 Å². The number of hydrogen-bond donors (Lipinski definition) is 3. The van der Waals surface area contributed by atoms with Crippen LogP contribution in [0.5, 0.6) is 0 Å². The zero-order valence-electron chi connectivity index (χ0n) is 9.69. The average Bonchev–Trinajstić information content (AvgIpc) is 2.68. The molecule has 0 unspecified atom stereocenters. The Morgan fingerprint density at radius 2 is 2.22 bits per heavy atom. The number of nitrogen functional groups attached to an aromatic ring is 1. The number of halogens is 1. The van der Waals surface area contributed by atoms with Gasteiger partial charge in [-0.15, -0.1) is 0 Å². The van der Waals surface area contributed by atoms with Gasteiger partial charge in [-0.05, 0) is 11.6 Å². The van der Waals surface area contributed by atoms with E-state index in [1.165, 1.54) is 0 Å². The molecule has 0 bridgehead atoms. The predicted molar refractivity (Wildman–Crippen MR) is 64.0 cm³/mol. The van der Waals surface area contributed by atoms with Gasteiger partial charge in [0, 0.05) is 13.5 Å². The van der Waals surface area contributed by atoms with Crippen LogP contribution in [0.2, 0.25) is 5.28 Å². The van der Waals surface area contributed by atoms with E-state index in [1.807, 2.05) is 0 Å². The van der Waals surface area contributed by atoms with Gasteiger partial charge < -0.3 is 25.6 Å². The molecule has 0 saturated carbocycles. The highest BCUT2D eigenvalue weighted by atomic mass is 35.5. The Kier molecular flexibility index (Phi) is 3.81. The molecule has 1 aromatic rings. The summed E-state index contributed by atoms with van der Waals surface area (Å²) in [6, 6.07) is 0. The standard InChI is InChI=1S/C9H14ClN5O3/c1-15(6-2-4(17)5(3-16)18-6)9-13-7(10)12-8(11)14-9/h4-6,16-17H,2-3H2,1H3,(H2,11,12,13,14)/t4-,5+,6+/m0/s1. The van der Waals surface area contributed by atoms with Crippen molar-refractivity contribution in [2.45, 2.75) is 24.9 Å². The molecule has 4 N–H and O–H groups in total. The molecule has 1 saturated heterocycles. The molecule has 0 spiro atoms. The van der Waals surface area contributed by atoms with Crippen molar-refractivity contribution in [2.24, 2.45) is 0 Å². The summed E-state index contributed by atoms with van der Waals surface area (Å²) in [5.74, 6) is 0.261. The molecule has 100 valence electrons. The summed E-state index contributed by atoms with van der Waals surface area (Å²) in [6.45, 7) is -0.244. The fourth-order valence-electron chi connectivity index (χ4n) is 1.76. The molecule has 1 fully saturated rings. The lowest BCUT2D eigenvalue weighted by Gasteiger charge is -2.24. The normalized spacial score (nSPS) is 27.4. The highest BCUT2D eigenvalue weighted by molar-refractivity contribution is 6.28. The van der Waals surface area contributed by atoms with Gasteiger partial charge in [0.1, 0.15) is 12.3 Å². The molecular weight excluding hydrogens is 262 g/mol. The second kappa shape index (κ2) is 5.19. The van der Waals surface area contributed by atoms with Crippen LogP contribution < -0.4 is 10.6 Å². The molecule has 1 aromatic heterocycles. The first-order valence-corrected chi connectivity index (χ1v) is 5.73. The monoisotopic (exact) mass is 275 g/mol. The molecule has 1 aliphatic heterocycles. The van der Waals surface area contributed by atoms with Crippen molar-refractivity contribution < 1.29 is 14.9 Å². The maximum absolute atomic E-state index is 9.65. The van der Waals surface area contributed by atoms with Crippen LogP contribution in [0, 0.1) is 0 Å². The number of hydrogen-bond acceptors (Lipinski definition) is 8. The van der Waals surface area contributed by atoms with Gasteiger partial charge in [-0.2, -0.15) is 15.0 Å². The summed E-state index contributed by atoms with van der Waals surface area (Å²) in [5, 5.41) is 18.6. The smallest absolute Gasteiger partial charge is 0.233 e. The number of nitrogens with zero attached hydrogens (tertiary/aromatic N) is 4. The number of aliphatic hydroxyl groups is 2. The van der Waals surface area contributed by atoms with Gasteiger partial charge in [0.25, 0.3) is 0 Å². The molecule has 2 rings (SSSR count). The molecule has 0 aromatic carbocycles. The molecule has 0 aliphatic carbocycles. The van der Waals surface area contributed by atoms with Gasteiger partial charge in [0.05, 0.1) is 12.7 Å². The molecule has 0 radical (unpaired) electrons. The zero-order valence-corrected chi connectivity index (χ0v) is 10.4. The largest absolute Gasteiger partial charge is 0.394 e. The number of aliphatic hydroxyl groups excluding tert-OH is 2. The van der Waals surface area contributed by atoms with Gasteiger partial charge in [-0.1, -0.05) is 0 Å². The van der Waals surface area contributed by atoms with E-state index in [0.29, 0.717) is 6.42 Å². The van der Waals surface area contributed by atoms with Crippen molar-refractivity contribution in [1.82, 2.24) is 15.0 Å². The highest BCUT2D eigenvalue weighted by Gasteiger charge is 2.36.